The van der Waals surface area contributed by atoms with Gasteiger partial charge in [0, 0.05) is 0 Å². The van der Waals surface area contributed by atoms with Crippen LogP contribution in [0.2, 0.25) is 0 Å². The topological polar surface area (TPSA) is 37.3 Å². The first-order valence-electron chi connectivity index (χ1n) is 6.23. The molecule has 3 aromatic carbocycles. The van der Waals surface area contributed by atoms with E-state index in [0.29, 0.717) is 5.56 Å². The predicted octanol–water partition coefficient (Wildman–Crippen LogP) is 4.31. The summed E-state index contributed by atoms with van der Waals surface area (Å²) in [4.78, 5) is 11.6. The second kappa shape index (κ2) is 4.09. The average Bonchev–Trinajstić information content (AvgIpc) is 2.35. The van der Waals surface area contributed by atoms with Crippen molar-refractivity contribution in [2.75, 3.05) is 0 Å². The standard InChI is InChI=1S/C17H14O2/c1-10-4-6-14-13(7-10)9-12-5-3-11(2)8-15(12)16(14)17(18)19/h3-9H,1-2H3,(H,18,19). The van der Waals surface area contributed by atoms with Gasteiger partial charge < -0.3 is 5.11 Å². The second-order valence-electron chi connectivity index (χ2n) is 5.01. The van der Waals surface area contributed by atoms with Gasteiger partial charge in [0.2, 0.25) is 0 Å². The van der Waals surface area contributed by atoms with Crippen LogP contribution in [0, 0.1) is 13.8 Å². The fourth-order valence-corrected chi connectivity index (χ4v) is 2.58. The Kier molecular flexibility index (Phi) is 2.53. The summed E-state index contributed by atoms with van der Waals surface area (Å²) in [6.07, 6.45) is 0. The number of hydrogen-bond donors (Lipinski definition) is 1. The number of aromatic carboxylic acids is 1. The highest BCUT2D eigenvalue weighted by Crippen LogP contribution is 2.29. The number of carboxylic acids is 1. The number of fused-ring (bicyclic) bond motifs is 2. The molecule has 0 radical (unpaired) electrons. The summed E-state index contributed by atoms with van der Waals surface area (Å²) in [5.41, 5.74) is 2.60. The summed E-state index contributed by atoms with van der Waals surface area (Å²) in [6, 6.07) is 13.9. The third-order valence-electron chi connectivity index (χ3n) is 3.48. The van der Waals surface area contributed by atoms with Gasteiger partial charge in [-0.05, 0) is 41.5 Å². The minimum Gasteiger partial charge on any atom is -0.478 e. The van der Waals surface area contributed by atoms with Crippen molar-refractivity contribution in [3.63, 3.8) is 0 Å². The van der Waals surface area contributed by atoms with E-state index >= 15 is 0 Å². The van der Waals surface area contributed by atoms with Crippen molar-refractivity contribution in [1.29, 1.82) is 0 Å². The summed E-state index contributed by atoms with van der Waals surface area (Å²) in [7, 11) is 0. The number of hydrogen-bond acceptors (Lipinski definition) is 1. The van der Waals surface area contributed by atoms with Gasteiger partial charge in [-0.2, -0.15) is 0 Å². The number of carboxylic acid groups (broad SMARTS) is 1. The number of rotatable bonds is 1. The van der Waals surface area contributed by atoms with Crippen molar-refractivity contribution in [3.05, 3.63) is 59.2 Å². The molecule has 0 aromatic heterocycles. The van der Waals surface area contributed by atoms with Crippen LogP contribution in [-0.4, -0.2) is 11.1 Å². The van der Waals surface area contributed by atoms with Gasteiger partial charge in [0.1, 0.15) is 0 Å². The molecule has 3 rings (SSSR count). The van der Waals surface area contributed by atoms with Crippen molar-refractivity contribution in [2.45, 2.75) is 13.8 Å². The Morgan fingerprint density at radius 1 is 0.842 bits per heavy atom. The second-order valence-corrected chi connectivity index (χ2v) is 5.01. The van der Waals surface area contributed by atoms with Gasteiger partial charge in [0.15, 0.2) is 0 Å². The van der Waals surface area contributed by atoms with Crippen LogP contribution in [0.1, 0.15) is 21.5 Å². The smallest absolute Gasteiger partial charge is 0.336 e. The molecule has 94 valence electrons. The van der Waals surface area contributed by atoms with Crippen LogP contribution in [-0.2, 0) is 0 Å². The molecule has 0 fully saturated rings. The van der Waals surface area contributed by atoms with Gasteiger partial charge in [-0.1, -0.05) is 47.5 Å². The van der Waals surface area contributed by atoms with Gasteiger partial charge in [0.25, 0.3) is 0 Å². The van der Waals surface area contributed by atoms with Crippen LogP contribution in [0.3, 0.4) is 0 Å². The molecule has 0 aliphatic heterocycles. The third-order valence-corrected chi connectivity index (χ3v) is 3.48. The monoisotopic (exact) mass is 250 g/mol. The Balaban J connectivity index is 2.57. The summed E-state index contributed by atoms with van der Waals surface area (Å²) in [5, 5.41) is 13.1. The molecule has 0 unspecified atom stereocenters. The van der Waals surface area contributed by atoms with E-state index in [1.807, 2.05) is 50.2 Å². The van der Waals surface area contributed by atoms with Crippen LogP contribution in [0.4, 0.5) is 0 Å². The van der Waals surface area contributed by atoms with E-state index in [1.165, 1.54) is 0 Å². The van der Waals surface area contributed by atoms with E-state index < -0.39 is 5.97 Å². The molecule has 0 saturated heterocycles. The largest absolute Gasteiger partial charge is 0.478 e. The Labute approximate surface area is 111 Å². The van der Waals surface area contributed by atoms with E-state index in [-0.39, 0.29) is 0 Å². The van der Waals surface area contributed by atoms with Crippen molar-refractivity contribution < 1.29 is 9.90 Å². The molecule has 0 heterocycles. The molecule has 0 atom stereocenters. The van der Waals surface area contributed by atoms with Gasteiger partial charge in [-0.25, -0.2) is 4.79 Å². The van der Waals surface area contributed by atoms with Gasteiger partial charge in [-0.15, -0.1) is 0 Å². The van der Waals surface area contributed by atoms with E-state index in [1.54, 1.807) is 0 Å². The fourth-order valence-electron chi connectivity index (χ4n) is 2.58. The molecule has 0 aliphatic rings. The fraction of sp³-hybridized carbons (Fsp3) is 0.118. The first-order valence-corrected chi connectivity index (χ1v) is 6.23. The lowest BCUT2D eigenvalue weighted by Gasteiger charge is -2.09. The van der Waals surface area contributed by atoms with Crippen LogP contribution in [0.15, 0.2) is 42.5 Å². The van der Waals surface area contributed by atoms with Gasteiger partial charge >= 0.3 is 5.97 Å². The summed E-state index contributed by atoms with van der Waals surface area (Å²) >= 11 is 0. The first kappa shape index (κ1) is 11.7. The minimum atomic E-state index is -0.870. The Hall–Kier alpha value is -2.35. The molecule has 2 heteroatoms. The SMILES string of the molecule is Cc1ccc2c(C(=O)O)c3cc(C)ccc3cc2c1. The zero-order valence-corrected chi connectivity index (χ0v) is 10.9. The van der Waals surface area contributed by atoms with Crippen molar-refractivity contribution in [2.24, 2.45) is 0 Å². The highest BCUT2D eigenvalue weighted by molar-refractivity contribution is 6.16. The molecule has 0 bridgehead atoms. The predicted molar refractivity (Wildman–Crippen MR) is 77.9 cm³/mol. The maximum absolute atomic E-state index is 11.6. The molecule has 3 aromatic rings. The first-order chi connectivity index (χ1) is 9.06. The number of benzene rings is 3. The lowest BCUT2D eigenvalue weighted by molar-refractivity contribution is 0.0701. The Morgan fingerprint density at radius 3 is 2.26 bits per heavy atom. The van der Waals surface area contributed by atoms with Gasteiger partial charge in [0.05, 0.1) is 5.56 Å². The molecular formula is C17H14O2. The van der Waals surface area contributed by atoms with E-state index in [4.69, 9.17) is 0 Å². The van der Waals surface area contributed by atoms with Crippen LogP contribution < -0.4 is 0 Å². The Bertz CT molecular complexity index is 816. The summed E-state index contributed by atoms with van der Waals surface area (Å²) in [5.74, 6) is -0.870. The van der Waals surface area contributed by atoms with Gasteiger partial charge in [-0.3, -0.25) is 0 Å². The zero-order chi connectivity index (χ0) is 13.6. The molecular weight excluding hydrogens is 236 g/mol. The highest BCUT2D eigenvalue weighted by atomic mass is 16.4. The summed E-state index contributed by atoms with van der Waals surface area (Å²) in [6.45, 7) is 3.99. The minimum absolute atomic E-state index is 0.399. The summed E-state index contributed by atoms with van der Waals surface area (Å²) < 4.78 is 0. The number of carbonyl (C=O) groups is 1. The van der Waals surface area contributed by atoms with Crippen LogP contribution in [0.25, 0.3) is 21.5 Å². The third kappa shape index (κ3) is 1.85. The molecule has 1 N–H and O–H groups in total. The van der Waals surface area contributed by atoms with E-state index in [2.05, 4.69) is 6.07 Å². The molecule has 0 spiro atoms. The molecule has 0 amide bonds. The molecule has 19 heavy (non-hydrogen) atoms. The average molecular weight is 250 g/mol. The van der Waals surface area contributed by atoms with Crippen LogP contribution in [0.5, 0.6) is 0 Å². The number of aryl methyl sites for hydroxylation is 2. The lowest BCUT2D eigenvalue weighted by Crippen LogP contribution is -1.99. The van der Waals surface area contributed by atoms with Crippen molar-refractivity contribution >= 4 is 27.5 Å². The lowest BCUT2D eigenvalue weighted by atomic mass is 9.95. The quantitative estimate of drug-likeness (QED) is 0.653. The van der Waals surface area contributed by atoms with Crippen molar-refractivity contribution in [3.8, 4) is 0 Å². The normalized spacial score (nSPS) is 11.1. The molecule has 0 aliphatic carbocycles. The molecule has 0 saturated carbocycles. The van der Waals surface area contributed by atoms with Crippen molar-refractivity contribution in [1.82, 2.24) is 0 Å². The van der Waals surface area contributed by atoms with E-state index in [9.17, 15) is 9.90 Å². The maximum Gasteiger partial charge on any atom is 0.336 e. The highest BCUT2D eigenvalue weighted by Gasteiger charge is 2.13. The zero-order valence-electron chi connectivity index (χ0n) is 10.9. The maximum atomic E-state index is 11.6. The Morgan fingerprint density at radius 2 is 1.53 bits per heavy atom. The van der Waals surface area contributed by atoms with Crippen LogP contribution >= 0.6 is 0 Å². The van der Waals surface area contributed by atoms with E-state index in [0.717, 1.165) is 32.7 Å². The molecule has 2 nitrogen and oxygen atoms in total.